The minimum absolute atomic E-state index is 0.0214. The van der Waals surface area contributed by atoms with Crippen LogP contribution in [0.25, 0.3) is 11.3 Å². The number of aromatic nitrogens is 4. The van der Waals surface area contributed by atoms with Gasteiger partial charge in [-0.2, -0.15) is 4.98 Å². The Bertz CT molecular complexity index is 791. The molecule has 0 spiro atoms. The fourth-order valence-electron chi connectivity index (χ4n) is 3.21. The molecule has 5 N–H and O–H groups in total. The van der Waals surface area contributed by atoms with Crippen molar-refractivity contribution in [3.63, 3.8) is 0 Å². The van der Waals surface area contributed by atoms with Gasteiger partial charge in [0.2, 0.25) is 11.9 Å². The first-order chi connectivity index (χ1) is 13.1. The number of hydrogen-bond acceptors (Lipinski definition) is 10. The Balaban J connectivity index is 1.72. The lowest BCUT2D eigenvalue weighted by molar-refractivity contribution is 0.0981. The number of nitrogens with two attached hydrogens (primary N) is 1. The minimum atomic E-state index is -0.406. The fraction of sp³-hybridized carbons (Fsp3) is 0.529. The smallest absolute Gasteiger partial charge is 0.228 e. The zero-order valence-corrected chi connectivity index (χ0v) is 15.2. The third kappa shape index (κ3) is 3.64. The van der Waals surface area contributed by atoms with Gasteiger partial charge in [-0.3, -0.25) is 0 Å². The average Bonchev–Trinajstić information content (AvgIpc) is 2.65. The van der Waals surface area contributed by atoms with E-state index in [-0.39, 0.29) is 18.6 Å². The normalized spacial score (nSPS) is 21.6. The zero-order chi connectivity index (χ0) is 18.9. The quantitative estimate of drug-likeness (QED) is 0.543. The van der Waals surface area contributed by atoms with Gasteiger partial charge in [-0.1, -0.05) is 0 Å². The molecule has 2 fully saturated rings. The molecule has 0 aliphatic carbocycles. The van der Waals surface area contributed by atoms with Crippen LogP contribution in [0.4, 0.5) is 17.7 Å². The second-order valence-electron chi connectivity index (χ2n) is 7.05. The van der Waals surface area contributed by atoms with Gasteiger partial charge in [0.05, 0.1) is 37.1 Å². The first-order valence-electron chi connectivity index (χ1n) is 9.00. The molecule has 2 saturated heterocycles. The number of nitrogen functional groups attached to an aromatic ring is 1. The van der Waals surface area contributed by atoms with Crippen molar-refractivity contribution < 1.29 is 9.84 Å². The molecule has 1 atom stereocenters. The highest BCUT2D eigenvalue weighted by Gasteiger charge is 2.37. The van der Waals surface area contributed by atoms with E-state index in [9.17, 15) is 5.11 Å². The van der Waals surface area contributed by atoms with Gasteiger partial charge in [-0.25, -0.2) is 15.0 Å². The molecule has 27 heavy (non-hydrogen) atoms. The fourth-order valence-corrected chi connectivity index (χ4v) is 3.21. The van der Waals surface area contributed by atoms with Crippen LogP contribution in [0.3, 0.4) is 0 Å². The van der Waals surface area contributed by atoms with Crippen molar-refractivity contribution in [1.29, 1.82) is 0 Å². The number of aliphatic hydroxyl groups excluding tert-OH is 1. The predicted octanol–water partition coefficient (Wildman–Crippen LogP) is -0.513. The van der Waals surface area contributed by atoms with Gasteiger partial charge in [0, 0.05) is 43.7 Å². The minimum Gasteiger partial charge on any atom is -0.394 e. The lowest BCUT2D eigenvalue weighted by Gasteiger charge is -2.42. The molecule has 2 aromatic rings. The van der Waals surface area contributed by atoms with Crippen LogP contribution < -0.4 is 21.3 Å². The molecule has 0 amide bonds. The van der Waals surface area contributed by atoms with Gasteiger partial charge in [0.1, 0.15) is 5.82 Å². The second-order valence-corrected chi connectivity index (χ2v) is 7.05. The van der Waals surface area contributed by atoms with Crippen LogP contribution >= 0.6 is 0 Å². The van der Waals surface area contributed by atoms with Gasteiger partial charge in [0.25, 0.3) is 0 Å². The Kier molecular flexibility index (Phi) is 4.77. The molecular formula is C17H24N8O2. The molecule has 144 valence electrons. The number of ether oxygens (including phenoxy) is 1. The van der Waals surface area contributed by atoms with Crippen molar-refractivity contribution in [2.24, 2.45) is 0 Å². The number of nitrogens with one attached hydrogen (secondary N) is 2. The van der Waals surface area contributed by atoms with Crippen LogP contribution in [-0.2, 0) is 4.74 Å². The summed E-state index contributed by atoms with van der Waals surface area (Å²) in [4.78, 5) is 19.7. The van der Waals surface area contributed by atoms with Crippen LogP contribution in [0.15, 0.2) is 18.5 Å². The summed E-state index contributed by atoms with van der Waals surface area (Å²) in [5.74, 6) is 1.48. The predicted molar refractivity (Wildman–Crippen MR) is 101 cm³/mol. The lowest BCUT2D eigenvalue weighted by Crippen LogP contribution is -2.66. The molecule has 0 unspecified atom stereocenters. The molecule has 10 heteroatoms. The maximum atomic E-state index is 9.77. The summed E-state index contributed by atoms with van der Waals surface area (Å²) in [7, 11) is 0. The van der Waals surface area contributed by atoms with E-state index in [2.05, 4.69) is 32.4 Å². The Morgan fingerprint density at radius 1 is 1.37 bits per heavy atom. The van der Waals surface area contributed by atoms with Crippen LogP contribution in [0.2, 0.25) is 0 Å². The van der Waals surface area contributed by atoms with Gasteiger partial charge in [-0.05, 0) is 6.92 Å². The van der Waals surface area contributed by atoms with Crippen molar-refractivity contribution in [1.82, 2.24) is 25.3 Å². The standard InChI is InChI=1S/C17H24N8O2/c1-11-7-27-3-2-25(11)16-22-13(12-5-20-15(18)21-6-12)4-14(23-16)24-17(10-26)8-19-9-17/h4-6,11,19,26H,2-3,7-10H2,1H3,(H2,18,20,21)(H,22,23,24)/t11-/m0/s1. The molecule has 4 heterocycles. The SMILES string of the molecule is C[C@H]1COCCN1c1nc(NC2(CO)CNC2)cc(-c2cnc(N)nc2)n1. The Morgan fingerprint density at radius 3 is 2.78 bits per heavy atom. The summed E-state index contributed by atoms with van der Waals surface area (Å²) in [6, 6.07) is 2.01. The number of rotatable bonds is 5. The maximum Gasteiger partial charge on any atom is 0.228 e. The van der Waals surface area contributed by atoms with Crippen LogP contribution in [0.5, 0.6) is 0 Å². The average molecular weight is 372 g/mol. The Labute approximate surface area is 157 Å². The summed E-state index contributed by atoms with van der Waals surface area (Å²) in [6.45, 7) is 5.44. The van der Waals surface area contributed by atoms with Gasteiger partial charge in [0.15, 0.2) is 0 Å². The van der Waals surface area contributed by atoms with Gasteiger partial charge in [-0.15, -0.1) is 0 Å². The second kappa shape index (κ2) is 7.22. The third-order valence-electron chi connectivity index (χ3n) is 4.93. The first kappa shape index (κ1) is 17.8. The topological polar surface area (TPSA) is 134 Å². The van der Waals surface area contributed by atoms with Crippen molar-refractivity contribution in [3.05, 3.63) is 18.5 Å². The molecule has 2 aliphatic rings. The van der Waals surface area contributed by atoms with Crippen molar-refractivity contribution in [2.45, 2.75) is 18.5 Å². The summed E-state index contributed by atoms with van der Waals surface area (Å²) in [5.41, 5.74) is 6.64. The largest absolute Gasteiger partial charge is 0.394 e. The summed E-state index contributed by atoms with van der Waals surface area (Å²) in [5, 5.41) is 16.3. The van der Waals surface area contributed by atoms with E-state index in [4.69, 9.17) is 20.4 Å². The van der Waals surface area contributed by atoms with E-state index in [0.717, 1.165) is 12.1 Å². The highest BCUT2D eigenvalue weighted by molar-refractivity contribution is 5.64. The molecule has 0 bridgehead atoms. The van der Waals surface area contributed by atoms with E-state index in [1.165, 1.54) is 0 Å². The van der Waals surface area contributed by atoms with E-state index in [1.54, 1.807) is 12.4 Å². The van der Waals surface area contributed by atoms with Crippen molar-refractivity contribution >= 4 is 17.7 Å². The molecule has 0 radical (unpaired) electrons. The molecule has 10 nitrogen and oxygen atoms in total. The van der Waals surface area contributed by atoms with Crippen molar-refractivity contribution in [2.75, 3.05) is 55.4 Å². The summed E-state index contributed by atoms with van der Waals surface area (Å²) < 4.78 is 5.53. The van der Waals surface area contributed by atoms with E-state index < -0.39 is 5.54 Å². The summed E-state index contributed by atoms with van der Waals surface area (Å²) >= 11 is 0. The number of aliphatic hydroxyl groups is 1. The van der Waals surface area contributed by atoms with Gasteiger partial charge < -0.3 is 31.1 Å². The van der Waals surface area contributed by atoms with E-state index in [0.29, 0.717) is 43.8 Å². The van der Waals surface area contributed by atoms with E-state index in [1.807, 2.05) is 6.07 Å². The number of nitrogens with zero attached hydrogens (tertiary/aromatic N) is 5. The van der Waals surface area contributed by atoms with Crippen LogP contribution in [-0.4, -0.2) is 76.1 Å². The maximum absolute atomic E-state index is 9.77. The number of morpholine rings is 1. The Morgan fingerprint density at radius 2 is 2.15 bits per heavy atom. The number of hydrogen-bond donors (Lipinski definition) is 4. The third-order valence-corrected chi connectivity index (χ3v) is 4.93. The Hall–Kier alpha value is -2.56. The first-order valence-corrected chi connectivity index (χ1v) is 9.00. The summed E-state index contributed by atoms with van der Waals surface area (Å²) in [6.07, 6.45) is 3.29. The number of anilines is 3. The highest BCUT2D eigenvalue weighted by atomic mass is 16.5. The monoisotopic (exact) mass is 372 g/mol. The highest BCUT2D eigenvalue weighted by Crippen LogP contribution is 2.26. The molecule has 0 saturated carbocycles. The molecule has 0 aromatic carbocycles. The molecule has 4 rings (SSSR count). The van der Waals surface area contributed by atoms with Crippen LogP contribution in [0, 0.1) is 0 Å². The van der Waals surface area contributed by atoms with E-state index >= 15 is 0 Å². The molecule has 2 aromatic heterocycles. The van der Waals surface area contributed by atoms with Crippen molar-refractivity contribution in [3.8, 4) is 11.3 Å². The zero-order valence-electron chi connectivity index (χ0n) is 15.2. The van der Waals surface area contributed by atoms with Crippen LogP contribution in [0.1, 0.15) is 6.92 Å². The van der Waals surface area contributed by atoms with Gasteiger partial charge >= 0.3 is 0 Å². The lowest BCUT2D eigenvalue weighted by atomic mass is 9.93. The molecule has 2 aliphatic heterocycles. The molecular weight excluding hydrogens is 348 g/mol.